The zero-order chi connectivity index (χ0) is 43.2. The molecule has 3 aromatic carbocycles. The molecule has 6 heterocycles. The zero-order valence-electron chi connectivity index (χ0n) is 34.9. The molecule has 5 amide bonds. The Labute approximate surface area is 359 Å². The number of hydrogen-bond donors (Lipinski definition) is 2. The van der Waals surface area contributed by atoms with E-state index in [4.69, 9.17) is 0 Å². The van der Waals surface area contributed by atoms with Crippen LogP contribution < -0.4 is 25.3 Å². The highest BCUT2D eigenvalue weighted by Gasteiger charge is 2.40. The van der Waals surface area contributed by atoms with Crippen molar-refractivity contribution in [3.8, 4) is 6.07 Å². The fourth-order valence-corrected chi connectivity index (χ4v) is 9.99. The molecular formula is C46H50F2N10O4. The summed E-state index contributed by atoms with van der Waals surface area (Å²) in [4.78, 5) is 67.2. The molecule has 9 rings (SSSR count). The number of pyridine rings is 1. The number of hydrogen-bond acceptors (Lipinski definition) is 10. The van der Waals surface area contributed by atoms with Crippen molar-refractivity contribution in [1.82, 2.24) is 25.0 Å². The van der Waals surface area contributed by atoms with Crippen LogP contribution in [0.5, 0.6) is 0 Å². The summed E-state index contributed by atoms with van der Waals surface area (Å²) in [6, 6.07) is 16.6. The molecule has 14 nitrogen and oxygen atoms in total. The van der Waals surface area contributed by atoms with Gasteiger partial charge in [-0.1, -0.05) is 0 Å². The first kappa shape index (κ1) is 41.0. The van der Waals surface area contributed by atoms with E-state index in [-0.39, 0.29) is 60.7 Å². The van der Waals surface area contributed by atoms with Crippen molar-refractivity contribution in [2.24, 2.45) is 5.92 Å². The van der Waals surface area contributed by atoms with Crippen molar-refractivity contribution in [2.45, 2.75) is 64.2 Å². The summed E-state index contributed by atoms with van der Waals surface area (Å²) < 4.78 is 31.1. The molecule has 0 saturated carbocycles. The van der Waals surface area contributed by atoms with Gasteiger partial charge in [-0.25, -0.2) is 13.6 Å². The Morgan fingerprint density at radius 1 is 0.855 bits per heavy atom. The molecule has 62 heavy (non-hydrogen) atoms. The minimum Gasteiger partial charge on any atom is -0.369 e. The van der Waals surface area contributed by atoms with Crippen LogP contribution in [0.3, 0.4) is 0 Å². The minimum atomic E-state index is -0.746. The maximum Gasteiger partial charge on any atom is 0.322 e. The fourth-order valence-electron chi connectivity index (χ4n) is 9.99. The van der Waals surface area contributed by atoms with Gasteiger partial charge in [-0.3, -0.25) is 29.6 Å². The number of imide groups is 1. The Morgan fingerprint density at radius 2 is 1.60 bits per heavy atom. The number of urea groups is 1. The molecule has 0 spiro atoms. The molecule has 16 heteroatoms. The number of fused-ring (bicyclic) bond motifs is 2. The van der Waals surface area contributed by atoms with Gasteiger partial charge in [-0.15, -0.1) is 0 Å². The maximum atomic E-state index is 15.7. The van der Waals surface area contributed by atoms with Crippen molar-refractivity contribution in [1.29, 1.82) is 5.26 Å². The van der Waals surface area contributed by atoms with Crippen LogP contribution in [-0.4, -0.2) is 120 Å². The highest BCUT2D eigenvalue weighted by atomic mass is 19.1. The first-order valence-corrected chi connectivity index (χ1v) is 21.6. The molecule has 3 atom stereocenters. The highest BCUT2D eigenvalue weighted by molar-refractivity contribution is 6.05. The lowest BCUT2D eigenvalue weighted by Gasteiger charge is -2.45. The average molecular weight is 845 g/mol. The van der Waals surface area contributed by atoms with E-state index in [9.17, 15) is 24.4 Å². The van der Waals surface area contributed by atoms with Crippen molar-refractivity contribution in [2.75, 3.05) is 78.9 Å². The monoisotopic (exact) mass is 844 g/mol. The summed E-state index contributed by atoms with van der Waals surface area (Å²) in [7, 11) is 0. The van der Waals surface area contributed by atoms with E-state index in [0.29, 0.717) is 78.9 Å². The van der Waals surface area contributed by atoms with Gasteiger partial charge in [0, 0.05) is 112 Å². The summed E-state index contributed by atoms with van der Waals surface area (Å²) >= 11 is 0. The van der Waals surface area contributed by atoms with Gasteiger partial charge in [-0.2, -0.15) is 5.26 Å². The normalized spacial score (nSPS) is 22.5. The van der Waals surface area contributed by atoms with Crippen LogP contribution in [0.1, 0.15) is 61.0 Å². The van der Waals surface area contributed by atoms with E-state index in [2.05, 4.69) is 43.3 Å². The van der Waals surface area contributed by atoms with E-state index < -0.39 is 17.8 Å². The van der Waals surface area contributed by atoms with Gasteiger partial charge in [0.1, 0.15) is 23.7 Å². The number of piperazine rings is 2. The number of carbonyl (C=O) groups is 4. The van der Waals surface area contributed by atoms with Crippen LogP contribution in [0.25, 0.3) is 10.9 Å². The van der Waals surface area contributed by atoms with Gasteiger partial charge in [0.05, 0.1) is 22.5 Å². The Hall–Kier alpha value is -6.34. The summed E-state index contributed by atoms with van der Waals surface area (Å²) in [6.45, 7) is 10.4. The molecule has 0 radical (unpaired) electrons. The van der Waals surface area contributed by atoms with E-state index in [0.717, 1.165) is 43.5 Å². The topological polar surface area (TPSA) is 148 Å². The van der Waals surface area contributed by atoms with Crippen LogP contribution in [0.15, 0.2) is 60.8 Å². The van der Waals surface area contributed by atoms with Crippen LogP contribution in [0, 0.1) is 28.9 Å². The zero-order valence-corrected chi connectivity index (χ0v) is 34.9. The summed E-state index contributed by atoms with van der Waals surface area (Å²) in [6.07, 6.45) is 3.92. The maximum absolute atomic E-state index is 15.7. The number of nitrogens with one attached hydrogen (secondary N) is 2. The van der Waals surface area contributed by atoms with Crippen LogP contribution in [-0.2, 0) is 16.1 Å². The standard InChI is InChI=1S/C46H50F2N10O4/c1-28-25-57(29(2)24-56(28)38-7-5-31(23-49)43-34(38)4-3-13-50-43)46(62)51-33-6-8-39(36(47)21-33)54-14-11-30(12-15-54)26-53-16-18-55(19-17-53)41-20-32-27-58(45(61)35(32)22-37(41)48)40-9-10-42(59)52-44(40)60/h3-8,13,20-22,28-30,40H,9-12,14-19,24-27H2,1-2H3,(H,51,62)(H,52,59,60)/t28-,29+,40-/m0/s1. The summed E-state index contributed by atoms with van der Waals surface area (Å²) in [5.74, 6) is -1.63. The number of halogens is 2. The van der Waals surface area contributed by atoms with E-state index >= 15 is 8.78 Å². The SMILES string of the molecule is C[C@@H]1CN(c2ccc(C#N)c3ncccc23)[C@@H](C)CN1C(=O)Nc1ccc(N2CCC(CN3CCN(c4cc5c(cc4F)C(=O)N([C@H]4CCC(=O)NC4=O)C5)CC3)CC2)c(F)c1. The largest absolute Gasteiger partial charge is 0.369 e. The Morgan fingerprint density at radius 3 is 2.34 bits per heavy atom. The van der Waals surface area contributed by atoms with Crippen molar-refractivity contribution < 1.29 is 28.0 Å². The summed E-state index contributed by atoms with van der Waals surface area (Å²) in [5, 5.41) is 15.7. The second kappa shape index (κ2) is 16.8. The molecule has 4 saturated heterocycles. The van der Waals surface area contributed by atoms with Crippen LogP contribution in [0.4, 0.5) is 36.3 Å². The lowest BCUT2D eigenvalue weighted by atomic mass is 9.95. The van der Waals surface area contributed by atoms with Gasteiger partial charge in [0.15, 0.2) is 0 Å². The number of amides is 5. The number of carbonyl (C=O) groups excluding carboxylic acids is 4. The Balaban J connectivity index is 0.743. The molecule has 5 aliphatic heterocycles. The molecule has 322 valence electrons. The number of benzene rings is 3. The van der Waals surface area contributed by atoms with Crippen molar-refractivity contribution >= 4 is 57.4 Å². The van der Waals surface area contributed by atoms with Crippen LogP contribution in [0.2, 0.25) is 0 Å². The third-order valence-electron chi connectivity index (χ3n) is 13.4. The van der Waals surface area contributed by atoms with Crippen molar-refractivity contribution in [3.63, 3.8) is 0 Å². The summed E-state index contributed by atoms with van der Waals surface area (Å²) in [5.41, 5.74) is 4.49. The van der Waals surface area contributed by atoms with E-state index in [1.54, 1.807) is 35.4 Å². The van der Waals surface area contributed by atoms with E-state index in [1.165, 1.54) is 17.0 Å². The van der Waals surface area contributed by atoms with Gasteiger partial charge < -0.3 is 29.8 Å². The molecule has 4 aromatic rings. The third-order valence-corrected chi connectivity index (χ3v) is 13.4. The number of anilines is 4. The van der Waals surface area contributed by atoms with Gasteiger partial charge >= 0.3 is 6.03 Å². The Bertz CT molecular complexity index is 2480. The highest BCUT2D eigenvalue weighted by Crippen LogP contribution is 2.35. The average Bonchev–Trinajstić information content (AvgIpc) is 3.58. The fraction of sp³-hybridized carbons (Fsp3) is 0.435. The molecule has 4 fully saturated rings. The number of piperidine rings is 2. The minimum absolute atomic E-state index is 0.0167. The molecule has 2 N–H and O–H groups in total. The second-order valence-electron chi connectivity index (χ2n) is 17.3. The molecule has 0 unspecified atom stereocenters. The molecule has 1 aromatic heterocycles. The van der Waals surface area contributed by atoms with Crippen molar-refractivity contribution in [3.05, 3.63) is 89.1 Å². The van der Waals surface area contributed by atoms with Gasteiger partial charge in [-0.05, 0) is 99.2 Å². The smallest absolute Gasteiger partial charge is 0.322 e. The molecule has 0 aliphatic carbocycles. The lowest BCUT2D eigenvalue weighted by Crippen LogP contribution is -2.59. The number of aromatic nitrogens is 1. The molecule has 0 bridgehead atoms. The number of nitrogens with zero attached hydrogens (tertiary/aromatic N) is 8. The Kier molecular flexibility index (Phi) is 11.1. The number of nitriles is 1. The number of rotatable bonds is 7. The predicted molar refractivity (Wildman–Crippen MR) is 231 cm³/mol. The third kappa shape index (κ3) is 7.85. The first-order chi connectivity index (χ1) is 29.9. The quantitative estimate of drug-likeness (QED) is 0.235. The second-order valence-corrected chi connectivity index (χ2v) is 17.3. The van der Waals surface area contributed by atoms with E-state index in [1.807, 2.05) is 30.0 Å². The van der Waals surface area contributed by atoms with Gasteiger partial charge in [0.2, 0.25) is 11.8 Å². The molecular weight excluding hydrogens is 795 g/mol. The van der Waals surface area contributed by atoms with Gasteiger partial charge in [0.25, 0.3) is 5.91 Å². The predicted octanol–water partition coefficient (Wildman–Crippen LogP) is 5.32. The lowest BCUT2D eigenvalue weighted by molar-refractivity contribution is -0.136. The molecule has 5 aliphatic rings. The first-order valence-electron chi connectivity index (χ1n) is 21.6. The van der Waals surface area contributed by atoms with Crippen LogP contribution >= 0.6 is 0 Å².